The molecular formula is C20H41IN4O. The lowest BCUT2D eigenvalue weighted by Crippen LogP contribution is -2.47. The molecule has 2 rings (SSSR count). The zero-order valence-corrected chi connectivity index (χ0v) is 19.5. The van der Waals surface area contributed by atoms with Crippen molar-refractivity contribution in [1.82, 2.24) is 15.5 Å². The average molecular weight is 480 g/mol. The van der Waals surface area contributed by atoms with Gasteiger partial charge >= 0.3 is 0 Å². The van der Waals surface area contributed by atoms with Crippen molar-refractivity contribution in [2.75, 3.05) is 46.4 Å². The van der Waals surface area contributed by atoms with E-state index in [9.17, 15) is 0 Å². The number of likely N-dealkylation sites (tertiary alicyclic amines) is 1. The summed E-state index contributed by atoms with van der Waals surface area (Å²) in [5.41, 5.74) is 0.397. The maximum atomic E-state index is 5.62. The van der Waals surface area contributed by atoms with E-state index in [1.54, 1.807) is 0 Å². The zero-order valence-electron chi connectivity index (χ0n) is 17.2. The first kappa shape index (κ1) is 24.0. The number of nitrogens with zero attached hydrogens (tertiary/aromatic N) is 2. The molecule has 0 amide bonds. The number of hydrogen-bond acceptors (Lipinski definition) is 3. The fourth-order valence-corrected chi connectivity index (χ4v) is 4.37. The van der Waals surface area contributed by atoms with E-state index in [-0.39, 0.29) is 24.0 Å². The lowest BCUT2D eigenvalue weighted by atomic mass is 9.83. The molecule has 26 heavy (non-hydrogen) atoms. The minimum Gasteiger partial charge on any atom is -0.382 e. The van der Waals surface area contributed by atoms with Crippen LogP contribution in [0.3, 0.4) is 0 Å². The summed E-state index contributed by atoms with van der Waals surface area (Å²) in [5.74, 6) is 0.951. The maximum Gasteiger partial charge on any atom is 0.191 e. The monoisotopic (exact) mass is 480 g/mol. The number of aliphatic imine (C=N–C) groups is 1. The molecule has 5 nitrogen and oxygen atoms in total. The summed E-state index contributed by atoms with van der Waals surface area (Å²) < 4.78 is 5.62. The summed E-state index contributed by atoms with van der Waals surface area (Å²) in [6.45, 7) is 10.5. The van der Waals surface area contributed by atoms with Crippen molar-refractivity contribution in [3.05, 3.63) is 0 Å². The van der Waals surface area contributed by atoms with Gasteiger partial charge in [0.25, 0.3) is 0 Å². The summed E-state index contributed by atoms with van der Waals surface area (Å²) in [6, 6.07) is 0.728. The van der Waals surface area contributed by atoms with E-state index in [1.807, 2.05) is 7.05 Å². The largest absolute Gasteiger partial charge is 0.382 e. The van der Waals surface area contributed by atoms with E-state index in [0.29, 0.717) is 5.41 Å². The highest BCUT2D eigenvalue weighted by Gasteiger charge is 2.33. The Morgan fingerprint density at radius 1 is 1.19 bits per heavy atom. The standard InChI is InChI=1S/C20H40N4O.HI/c1-4-25-16-12-20(10-6-7-11-20)17-23-19(21-3)22-13-15-24-14-8-5-9-18(24)2;/h18H,4-17H2,1-3H3,(H2,21,22,23);1H. The van der Waals surface area contributed by atoms with Gasteiger partial charge in [-0.15, -0.1) is 24.0 Å². The third-order valence-electron chi connectivity index (χ3n) is 6.13. The highest BCUT2D eigenvalue weighted by Crippen LogP contribution is 2.40. The third kappa shape index (κ3) is 7.89. The second-order valence-corrected chi connectivity index (χ2v) is 7.89. The van der Waals surface area contributed by atoms with Crippen LogP contribution in [0.4, 0.5) is 0 Å². The molecule has 1 atom stereocenters. The Bertz CT molecular complexity index is 399. The molecule has 6 heteroatoms. The summed E-state index contributed by atoms with van der Waals surface area (Å²) >= 11 is 0. The molecule has 154 valence electrons. The van der Waals surface area contributed by atoms with Gasteiger partial charge in [-0.1, -0.05) is 19.3 Å². The predicted molar refractivity (Wildman–Crippen MR) is 122 cm³/mol. The summed E-state index contributed by atoms with van der Waals surface area (Å²) in [6.07, 6.45) is 10.6. The molecule has 1 unspecified atom stereocenters. The predicted octanol–water partition coefficient (Wildman–Crippen LogP) is 3.63. The number of ether oxygens (including phenoxy) is 1. The number of hydrogen-bond donors (Lipinski definition) is 2. The first-order valence-corrected chi connectivity index (χ1v) is 10.5. The number of rotatable bonds is 9. The third-order valence-corrected chi connectivity index (χ3v) is 6.13. The van der Waals surface area contributed by atoms with Gasteiger partial charge in [0.1, 0.15) is 0 Å². The number of piperidine rings is 1. The van der Waals surface area contributed by atoms with E-state index in [4.69, 9.17) is 4.74 Å². The van der Waals surface area contributed by atoms with Gasteiger partial charge in [0.2, 0.25) is 0 Å². The van der Waals surface area contributed by atoms with E-state index in [1.165, 1.54) is 51.5 Å². The van der Waals surface area contributed by atoms with Crippen LogP contribution in [-0.4, -0.2) is 63.3 Å². The summed E-state index contributed by atoms with van der Waals surface area (Å²) in [4.78, 5) is 7.02. The molecule has 2 aliphatic rings. The molecule has 1 aliphatic heterocycles. The van der Waals surface area contributed by atoms with Crippen molar-refractivity contribution in [3.8, 4) is 0 Å². The maximum absolute atomic E-state index is 5.62. The van der Waals surface area contributed by atoms with Crippen LogP contribution in [0.2, 0.25) is 0 Å². The Kier molecular flexibility index (Phi) is 12.1. The molecule has 1 saturated heterocycles. The quantitative estimate of drug-likeness (QED) is 0.229. The molecule has 0 radical (unpaired) electrons. The van der Waals surface area contributed by atoms with Crippen LogP contribution in [0.5, 0.6) is 0 Å². The highest BCUT2D eigenvalue weighted by atomic mass is 127. The fourth-order valence-electron chi connectivity index (χ4n) is 4.37. The lowest BCUT2D eigenvalue weighted by Gasteiger charge is -2.33. The van der Waals surface area contributed by atoms with Crippen LogP contribution < -0.4 is 10.6 Å². The average Bonchev–Trinajstić information content (AvgIpc) is 3.09. The van der Waals surface area contributed by atoms with Crippen molar-refractivity contribution in [1.29, 1.82) is 0 Å². The van der Waals surface area contributed by atoms with E-state index >= 15 is 0 Å². The first-order chi connectivity index (χ1) is 12.2. The van der Waals surface area contributed by atoms with Gasteiger partial charge in [0.05, 0.1) is 0 Å². The van der Waals surface area contributed by atoms with Crippen LogP contribution in [0.1, 0.15) is 65.2 Å². The Labute approximate surface area is 178 Å². The molecule has 0 aromatic rings. The van der Waals surface area contributed by atoms with Crippen molar-refractivity contribution >= 4 is 29.9 Å². The van der Waals surface area contributed by atoms with Gasteiger partial charge in [0, 0.05) is 45.9 Å². The minimum absolute atomic E-state index is 0. The van der Waals surface area contributed by atoms with Crippen molar-refractivity contribution in [3.63, 3.8) is 0 Å². The molecule has 1 saturated carbocycles. The molecule has 0 aromatic heterocycles. The molecule has 0 aromatic carbocycles. The fraction of sp³-hybridized carbons (Fsp3) is 0.950. The normalized spacial score (nSPS) is 23.5. The van der Waals surface area contributed by atoms with Crippen LogP contribution in [0.25, 0.3) is 0 Å². The lowest BCUT2D eigenvalue weighted by molar-refractivity contribution is 0.105. The second-order valence-electron chi connectivity index (χ2n) is 7.89. The molecule has 2 N–H and O–H groups in total. The number of halogens is 1. The molecule has 1 aliphatic carbocycles. The Morgan fingerprint density at radius 3 is 2.62 bits per heavy atom. The van der Waals surface area contributed by atoms with Crippen molar-refractivity contribution < 1.29 is 4.74 Å². The highest BCUT2D eigenvalue weighted by molar-refractivity contribution is 14.0. The van der Waals surface area contributed by atoms with Gasteiger partial charge in [-0.3, -0.25) is 9.89 Å². The molecule has 2 fully saturated rings. The van der Waals surface area contributed by atoms with Gasteiger partial charge in [-0.25, -0.2) is 0 Å². The van der Waals surface area contributed by atoms with E-state index in [2.05, 4.69) is 34.4 Å². The smallest absolute Gasteiger partial charge is 0.191 e. The minimum atomic E-state index is 0. The van der Waals surface area contributed by atoms with Crippen molar-refractivity contribution in [2.45, 2.75) is 71.3 Å². The molecular weight excluding hydrogens is 439 g/mol. The SMILES string of the molecule is CCOCCC1(CNC(=NC)NCCN2CCCCC2C)CCCC1.I. The summed E-state index contributed by atoms with van der Waals surface area (Å²) in [5, 5.41) is 7.10. The Balaban J connectivity index is 0.00000338. The van der Waals surface area contributed by atoms with Gasteiger partial charge < -0.3 is 15.4 Å². The number of guanidine groups is 1. The topological polar surface area (TPSA) is 48.9 Å². The van der Waals surface area contributed by atoms with Gasteiger partial charge in [-0.05, 0) is 57.9 Å². The van der Waals surface area contributed by atoms with Crippen LogP contribution in [-0.2, 0) is 4.74 Å². The molecule has 1 heterocycles. The summed E-state index contributed by atoms with van der Waals surface area (Å²) in [7, 11) is 1.88. The van der Waals surface area contributed by atoms with E-state index < -0.39 is 0 Å². The Morgan fingerprint density at radius 2 is 1.96 bits per heavy atom. The van der Waals surface area contributed by atoms with Crippen LogP contribution >= 0.6 is 24.0 Å². The molecule has 0 spiro atoms. The van der Waals surface area contributed by atoms with Gasteiger partial charge in [0.15, 0.2) is 5.96 Å². The van der Waals surface area contributed by atoms with Crippen molar-refractivity contribution in [2.24, 2.45) is 10.4 Å². The first-order valence-electron chi connectivity index (χ1n) is 10.5. The zero-order chi connectivity index (χ0) is 18.0. The van der Waals surface area contributed by atoms with Crippen LogP contribution in [0.15, 0.2) is 4.99 Å². The number of nitrogens with one attached hydrogen (secondary N) is 2. The van der Waals surface area contributed by atoms with E-state index in [0.717, 1.165) is 51.3 Å². The Hall–Kier alpha value is -0.0800. The van der Waals surface area contributed by atoms with Gasteiger partial charge in [-0.2, -0.15) is 0 Å². The second kappa shape index (κ2) is 13.2. The molecule has 0 bridgehead atoms. The van der Waals surface area contributed by atoms with Crippen LogP contribution in [0, 0.1) is 5.41 Å².